The molecule has 0 radical (unpaired) electrons. The molecule has 188 valence electrons. The van der Waals surface area contributed by atoms with E-state index in [2.05, 4.69) is 41.3 Å². The molecule has 2 fully saturated rings. The van der Waals surface area contributed by atoms with Gasteiger partial charge in [0.25, 0.3) is 0 Å². The molecule has 1 aliphatic carbocycles. The summed E-state index contributed by atoms with van der Waals surface area (Å²) < 4.78 is 6.14. The summed E-state index contributed by atoms with van der Waals surface area (Å²) in [7, 11) is 0. The molecule has 5 aromatic heterocycles. The number of hydrogen-bond donors (Lipinski definition) is 0. The minimum absolute atomic E-state index is 0.261. The average Bonchev–Trinajstić information content (AvgIpc) is 3.76. The molecule has 37 heavy (non-hydrogen) atoms. The van der Waals surface area contributed by atoms with Gasteiger partial charge in [0.1, 0.15) is 11.2 Å². The molecule has 6 heterocycles. The number of pyridine rings is 2. The largest absolute Gasteiger partial charge is 0.342 e. The highest BCUT2D eigenvalue weighted by Crippen LogP contribution is 2.30. The molecule has 0 unspecified atom stereocenters. The lowest BCUT2D eigenvalue weighted by atomic mass is 10.0. The van der Waals surface area contributed by atoms with E-state index in [4.69, 9.17) is 5.10 Å². The molecular formula is C28H30N8O. The number of carbonyl (C=O) groups excluding carboxylic acids is 1. The topological polar surface area (TPSA) is 86.1 Å². The maximum absolute atomic E-state index is 12.8. The number of amides is 1. The zero-order valence-corrected chi connectivity index (χ0v) is 20.8. The monoisotopic (exact) mass is 494 g/mol. The highest BCUT2D eigenvalue weighted by atomic mass is 16.2. The van der Waals surface area contributed by atoms with Gasteiger partial charge in [0.05, 0.1) is 42.4 Å². The molecule has 2 aliphatic rings. The van der Waals surface area contributed by atoms with Crippen molar-refractivity contribution in [3.8, 4) is 11.1 Å². The van der Waals surface area contributed by atoms with E-state index in [-0.39, 0.29) is 5.92 Å². The van der Waals surface area contributed by atoms with E-state index in [1.165, 1.54) is 12.8 Å². The summed E-state index contributed by atoms with van der Waals surface area (Å²) in [4.78, 5) is 24.0. The van der Waals surface area contributed by atoms with E-state index in [9.17, 15) is 4.79 Å². The highest BCUT2D eigenvalue weighted by Gasteiger charge is 2.30. The van der Waals surface area contributed by atoms with E-state index in [0.29, 0.717) is 18.5 Å². The van der Waals surface area contributed by atoms with Crippen LogP contribution >= 0.6 is 0 Å². The van der Waals surface area contributed by atoms with Gasteiger partial charge in [0.15, 0.2) is 0 Å². The van der Waals surface area contributed by atoms with Crippen LogP contribution in [0, 0.1) is 5.92 Å². The first-order valence-corrected chi connectivity index (χ1v) is 13.3. The number of rotatable bonds is 5. The van der Waals surface area contributed by atoms with Crippen molar-refractivity contribution < 1.29 is 4.79 Å². The lowest BCUT2D eigenvalue weighted by Crippen LogP contribution is -2.41. The van der Waals surface area contributed by atoms with Crippen molar-refractivity contribution in [2.75, 3.05) is 13.1 Å². The maximum atomic E-state index is 12.8. The third-order valence-corrected chi connectivity index (χ3v) is 8.09. The highest BCUT2D eigenvalue weighted by molar-refractivity contribution is 5.80. The fourth-order valence-electron chi connectivity index (χ4n) is 5.96. The SMILES string of the molecule is O=C(C1CCCC1)N1CCC(n2cc(-c3cnc4cnn(Cc5cnc6ccccn56)c4c3)cn2)CC1. The van der Waals surface area contributed by atoms with Crippen LogP contribution in [0.25, 0.3) is 27.8 Å². The van der Waals surface area contributed by atoms with Crippen LogP contribution in [0.5, 0.6) is 0 Å². The minimum atomic E-state index is 0.261. The van der Waals surface area contributed by atoms with Crippen molar-refractivity contribution in [1.82, 2.24) is 38.8 Å². The van der Waals surface area contributed by atoms with Gasteiger partial charge in [-0.05, 0) is 43.9 Å². The van der Waals surface area contributed by atoms with Crippen molar-refractivity contribution in [2.24, 2.45) is 5.92 Å². The molecule has 5 aromatic rings. The average molecular weight is 495 g/mol. The zero-order valence-electron chi connectivity index (χ0n) is 20.8. The Morgan fingerprint density at radius 1 is 0.919 bits per heavy atom. The van der Waals surface area contributed by atoms with E-state index >= 15 is 0 Å². The quantitative estimate of drug-likeness (QED) is 0.363. The molecule has 0 spiro atoms. The normalized spacial score (nSPS) is 17.4. The van der Waals surface area contributed by atoms with Gasteiger partial charge < -0.3 is 9.30 Å². The number of piperidine rings is 1. The molecule has 1 saturated heterocycles. The first-order valence-electron chi connectivity index (χ1n) is 13.3. The summed E-state index contributed by atoms with van der Waals surface area (Å²) in [5, 5.41) is 9.30. The lowest BCUT2D eigenvalue weighted by molar-refractivity contribution is -0.136. The minimum Gasteiger partial charge on any atom is -0.342 e. The molecular weight excluding hydrogens is 464 g/mol. The van der Waals surface area contributed by atoms with Gasteiger partial charge in [-0.3, -0.25) is 19.1 Å². The Labute approximate surface area is 214 Å². The number of carbonyl (C=O) groups is 1. The summed E-state index contributed by atoms with van der Waals surface area (Å²) in [6.07, 6.45) is 18.1. The second-order valence-electron chi connectivity index (χ2n) is 10.4. The Morgan fingerprint density at radius 2 is 1.78 bits per heavy atom. The van der Waals surface area contributed by atoms with Crippen molar-refractivity contribution in [3.05, 3.63) is 67.1 Å². The number of nitrogens with zero attached hydrogens (tertiary/aromatic N) is 8. The van der Waals surface area contributed by atoms with Crippen LogP contribution in [0.2, 0.25) is 0 Å². The number of hydrogen-bond acceptors (Lipinski definition) is 5. The number of imidazole rings is 1. The third kappa shape index (κ3) is 4.08. The van der Waals surface area contributed by atoms with Gasteiger partial charge >= 0.3 is 0 Å². The maximum Gasteiger partial charge on any atom is 0.225 e. The predicted octanol–water partition coefficient (Wildman–Crippen LogP) is 4.34. The van der Waals surface area contributed by atoms with E-state index < -0.39 is 0 Å². The number of aromatic nitrogens is 7. The molecule has 1 saturated carbocycles. The fraction of sp³-hybridized carbons (Fsp3) is 0.393. The van der Waals surface area contributed by atoms with E-state index in [1.807, 2.05) is 53.9 Å². The molecule has 9 nitrogen and oxygen atoms in total. The second kappa shape index (κ2) is 9.14. The van der Waals surface area contributed by atoms with Gasteiger partial charge in [-0.1, -0.05) is 18.9 Å². The van der Waals surface area contributed by atoms with Gasteiger partial charge in [0.2, 0.25) is 5.91 Å². The zero-order chi connectivity index (χ0) is 24.8. The first kappa shape index (κ1) is 22.2. The fourth-order valence-corrected chi connectivity index (χ4v) is 5.96. The second-order valence-corrected chi connectivity index (χ2v) is 10.4. The summed E-state index contributed by atoms with van der Waals surface area (Å²) in [6, 6.07) is 8.46. The standard InChI is InChI=1S/C28H30N8O/c37-28(20-5-1-2-6-20)33-11-8-23(9-12-33)35-18-22(15-31-35)21-13-26-25(29-14-21)17-32-36(26)19-24-16-30-27-7-3-4-10-34(24)27/h3-4,7,10,13-18,20,23H,1-2,5-6,8-9,11-12,19H2. The van der Waals surface area contributed by atoms with Crippen molar-refractivity contribution in [2.45, 2.75) is 51.1 Å². The molecule has 0 aromatic carbocycles. The third-order valence-electron chi connectivity index (χ3n) is 8.09. The molecule has 1 aliphatic heterocycles. The van der Waals surface area contributed by atoms with Crippen LogP contribution in [0.3, 0.4) is 0 Å². The summed E-state index contributed by atoms with van der Waals surface area (Å²) in [5.41, 5.74) is 5.90. The Kier molecular flexibility index (Phi) is 5.48. The Bertz CT molecular complexity index is 1570. The van der Waals surface area contributed by atoms with Gasteiger partial charge in [0, 0.05) is 48.7 Å². The summed E-state index contributed by atoms with van der Waals surface area (Å²) in [5.74, 6) is 0.633. The number of fused-ring (bicyclic) bond motifs is 2. The van der Waals surface area contributed by atoms with Crippen LogP contribution in [0.1, 0.15) is 50.3 Å². The Hall–Kier alpha value is -4.01. The summed E-state index contributed by atoms with van der Waals surface area (Å²) in [6.45, 7) is 2.26. The molecule has 0 atom stereocenters. The molecule has 0 N–H and O–H groups in total. The molecule has 0 bridgehead atoms. The van der Waals surface area contributed by atoms with Crippen LogP contribution < -0.4 is 0 Å². The summed E-state index contributed by atoms with van der Waals surface area (Å²) >= 11 is 0. The Morgan fingerprint density at radius 3 is 2.65 bits per heavy atom. The first-order chi connectivity index (χ1) is 18.2. The molecule has 9 heteroatoms. The van der Waals surface area contributed by atoms with Gasteiger partial charge in [-0.2, -0.15) is 10.2 Å². The van der Waals surface area contributed by atoms with Crippen LogP contribution in [-0.4, -0.2) is 57.8 Å². The lowest BCUT2D eigenvalue weighted by Gasteiger charge is -2.33. The van der Waals surface area contributed by atoms with Gasteiger partial charge in [-0.25, -0.2) is 4.98 Å². The van der Waals surface area contributed by atoms with Crippen LogP contribution in [-0.2, 0) is 11.3 Å². The number of likely N-dealkylation sites (tertiary alicyclic amines) is 1. The van der Waals surface area contributed by atoms with Crippen molar-refractivity contribution in [3.63, 3.8) is 0 Å². The van der Waals surface area contributed by atoms with Crippen LogP contribution in [0.15, 0.2) is 61.4 Å². The predicted molar refractivity (Wildman–Crippen MR) is 140 cm³/mol. The van der Waals surface area contributed by atoms with Crippen LogP contribution in [0.4, 0.5) is 0 Å². The molecule has 1 amide bonds. The van der Waals surface area contributed by atoms with E-state index in [0.717, 1.165) is 72.3 Å². The van der Waals surface area contributed by atoms with Crippen molar-refractivity contribution >= 4 is 22.6 Å². The molecule has 7 rings (SSSR count). The van der Waals surface area contributed by atoms with Gasteiger partial charge in [-0.15, -0.1) is 0 Å². The van der Waals surface area contributed by atoms with E-state index in [1.54, 1.807) is 0 Å². The Balaban J connectivity index is 1.08. The van der Waals surface area contributed by atoms with Crippen molar-refractivity contribution in [1.29, 1.82) is 0 Å². The smallest absolute Gasteiger partial charge is 0.225 e.